The molecule has 0 bridgehead atoms. The molecule has 9 heteroatoms. The zero-order chi connectivity index (χ0) is 24.8. The van der Waals surface area contributed by atoms with E-state index in [1.165, 1.54) is 18.2 Å². The third-order valence-corrected chi connectivity index (χ3v) is 6.05. The molecule has 1 aromatic heterocycles. The quantitative estimate of drug-likeness (QED) is 0.511. The van der Waals surface area contributed by atoms with E-state index >= 15 is 0 Å². The van der Waals surface area contributed by atoms with Crippen LogP contribution in [0.5, 0.6) is 0 Å². The van der Waals surface area contributed by atoms with Crippen molar-refractivity contribution in [2.24, 2.45) is 0 Å². The number of urea groups is 1. The minimum Gasteiger partial charge on any atom is -0.339 e. The molecule has 0 unspecified atom stereocenters. The van der Waals surface area contributed by atoms with Crippen LogP contribution in [0, 0.1) is 0 Å². The molecule has 0 saturated carbocycles. The second-order valence-electron chi connectivity index (χ2n) is 8.68. The molecule has 0 radical (unpaired) electrons. The number of carbonyl (C=O) groups excluding carboxylic acids is 3. The fraction of sp³-hybridized carbons (Fsp3) is 0.346. The summed E-state index contributed by atoms with van der Waals surface area (Å²) in [6, 6.07) is 13.7. The van der Waals surface area contributed by atoms with Gasteiger partial charge in [0.2, 0.25) is 0 Å². The van der Waals surface area contributed by atoms with Gasteiger partial charge in [-0.05, 0) is 74.7 Å². The number of likely N-dealkylation sites (tertiary alicyclic amines) is 1. The van der Waals surface area contributed by atoms with Gasteiger partial charge in [-0.2, -0.15) is 4.98 Å². The number of amides is 3. The van der Waals surface area contributed by atoms with Crippen LogP contribution in [0.25, 0.3) is 11.5 Å². The van der Waals surface area contributed by atoms with Crippen molar-refractivity contribution < 1.29 is 18.9 Å². The lowest BCUT2D eigenvalue weighted by molar-refractivity contribution is 0.0724. The number of piperidine rings is 1. The molecule has 4 rings (SSSR count). The Labute approximate surface area is 204 Å². The summed E-state index contributed by atoms with van der Waals surface area (Å²) >= 11 is 0. The maximum Gasteiger partial charge on any atom is 0.321 e. The van der Waals surface area contributed by atoms with Crippen LogP contribution in [-0.4, -0.2) is 64.3 Å². The Morgan fingerprint density at radius 2 is 1.63 bits per heavy atom. The summed E-state index contributed by atoms with van der Waals surface area (Å²) in [5.41, 5.74) is 2.58. The highest BCUT2D eigenvalue weighted by Gasteiger charge is 2.19. The second kappa shape index (κ2) is 10.9. The number of Topliss-reactive ketones (excluding diaryl/α,β-unsaturated/α-hetero) is 1. The lowest BCUT2D eigenvalue weighted by Gasteiger charge is -2.26. The van der Waals surface area contributed by atoms with Crippen LogP contribution in [0.2, 0.25) is 0 Å². The summed E-state index contributed by atoms with van der Waals surface area (Å²) in [6.45, 7) is 3.51. The van der Waals surface area contributed by atoms with E-state index in [0.29, 0.717) is 41.5 Å². The molecular weight excluding hydrogens is 446 g/mol. The first-order chi connectivity index (χ1) is 16.9. The number of ketones is 1. The molecule has 1 aliphatic rings. The summed E-state index contributed by atoms with van der Waals surface area (Å²) in [4.78, 5) is 44.3. The number of benzene rings is 2. The fourth-order valence-electron chi connectivity index (χ4n) is 3.88. The van der Waals surface area contributed by atoms with E-state index in [4.69, 9.17) is 4.52 Å². The van der Waals surface area contributed by atoms with E-state index in [1.54, 1.807) is 43.4 Å². The maximum atomic E-state index is 12.6. The highest BCUT2D eigenvalue weighted by Crippen LogP contribution is 2.20. The molecule has 1 saturated heterocycles. The minimum atomic E-state index is -0.279. The van der Waals surface area contributed by atoms with Gasteiger partial charge in [0.1, 0.15) is 0 Å². The molecule has 0 spiro atoms. The van der Waals surface area contributed by atoms with Gasteiger partial charge in [0, 0.05) is 55.5 Å². The summed E-state index contributed by atoms with van der Waals surface area (Å²) in [7, 11) is 1.68. The van der Waals surface area contributed by atoms with Gasteiger partial charge < -0.3 is 19.6 Å². The van der Waals surface area contributed by atoms with Gasteiger partial charge in [-0.25, -0.2) is 4.79 Å². The summed E-state index contributed by atoms with van der Waals surface area (Å²) in [6.07, 6.45) is 3.71. The number of nitrogens with one attached hydrogen (secondary N) is 1. The number of carbonyl (C=O) groups is 3. The van der Waals surface area contributed by atoms with E-state index in [2.05, 4.69) is 15.5 Å². The van der Waals surface area contributed by atoms with Crippen LogP contribution >= 0.6 is 0 Å². The molecule has 1 fully saturated rings. The number of rotatable bonds is 7. The van der Waals surface area contributed by atoms with Gasteiger partial charge in [-0.1, -0.05) is 5.16 Å². The maximum absolute atomic E-state index is 12.6. The van der Waals surface area contributed by atoms with Crippen molar-refractivity contribution >= 4 is 23.4 Å². The lowest BCUT2D eigenvalue weighted by Crippen LogP contribution is -2.35. The smallest absolute Gasteiger partial charge is 0.321 e. The number of aromatic nitrogens is 2. The van der Waals surface area contributed by atoms with E-state index in [1.807, 2.05) is 17.0 Å². The molecule has 2 heterocycles. The molecule has 0 atom stereocenters. The normalized spacial score (nSPS) is 13.4. The van der Waals surface area contributed by atoms with Crippen molar-refractivity contribution in [1.82, 2.24) is 19.9 Å². The Morgan fingerprint density at radius 3 is 2.29 bits per heavy atom. The van der Waals surface area contributed by atoms with E-state index in [9.17, 15) is 14.4 Å². The molecule has 3 aromatic rings. The van der Waals surface area contributed by atoms with Crippen LogP contribution < -0.4 is 5.32 Å². The summed E-state index contributed by atoms with van der Waals surface area (Å²) in [5, 5.41) is 6.81. The molecule has 0 aliphatic carbocycles. The van der Waals surface area contributed by atoms with Crippen LogP contribution in [-0.2, 0) is 6.42 Å². The average molecular weight is 476 g/mol. The largest absolute Gasteiger partial charge is 0.339 e. The number of hydrogen-bond donors (Lipinski definition) is 1. The predicted octanol–water partition coefficient (Wildman–Crippen LogP) is 4.27. The highest BCUT2D eigenvalue weighted by atomic mass is 16.5. The number of likely N-dealkylation sites (N-methyl/N-ethyl adjacent to an activating group) is 1. The summed E-state index contributed by atoms with van der Waals surface area (Å²) in [5.74, 6) is 0.883. The Bertz CT molecular complexity index is 1180. The Kier molecular flexibility index (Phi) is 7.54. The predicted molar refractivity (Wildman–Crippen MR) is 131 cm³/mol. The molecular formula is C26H29N5O4. The standard InChI is InChI=1S/C26H29N5O4/c1-18(32)19-10-12-22(13-11-19)27-26(34)30(2)17-14-23-28-24(35-29-23)20-6-8-21(9-7-20)25(33)31-15-4-3-5-16-31/h6-13H,3-5,14-17H2,1-2H3,(H,27,34). The highest BCUT2D eigenvalue weighted by molar-refractivity contribution is 5.95. The Balaban J connectivity index is 1.29. The topological polar surface area (TPSA) is 109 Å². The molecule has 3 amide bonds. The first-order valence-corrected chi connectivity index (χ1v) is 11.8. The van der Waals surface area contributed by atoms with Crippen LogP contribution in [0.1, 0.15) is 52.7 Å². The van der Waals surface area contributed by atoms with Gasteiger partial charge in [0.15, 0.2) is 11.6 Å². The zero-order valence-electron chi connectivity index (χ0n) is 20.0. The van der Waals surface area contributed by atoms with Gasteiger partial charge in [-0.15, -0.1) is 0 Å². The molecule has 1 aliphatic heterocycles. The van der Waals surface area contributed by atoms with E-state index < -0.39 is 0 Å². The molecule has 2 aromatic carbocycles. The third kappa shape index (κ3) is 6.11. The van der Waals surface area contributed by atoms with Crippen LogP contribution in [0.3, 0.4) is 0 Å². The zero-order valence-corrected chi connectivity index (χ0v) is 20.0. The van der Waals surface area contributed by atoms with Crippen LogP contribution in [0.4, 0.5) is 10.5 Å². The first-order valence-electron chi connectivity index (χ1n) is 11.8. The molecule has 1 N–H and O–H groups in total. The van der Waals surface area contributed by atoms with E-state index in [0.717, 1.165) is 31.5 Å². The third-order valence-electron chi connectivity index (χ3n) is 6.05. The first kappa shape index (κ1) is 24.1. The minimum absolute atomic E-state index is 0.0265. The van der Waals surface area contributed by atoms with Gasteiger partial charge >= 0.3 is 6.03 Å². The Hall–Kier alpha value is -4.01. The Morgan fingerprint density at radius 1 is 0.971 bits per heavy atom. The molecule has 182 valence electrons. The van der Waals surface area contributed by atoms with Crippen molar-refractivity contribution in [2.75, 3.05) is 32.0 Å². The van der Waals surface area contributed by atoms with E-state index in [-0.39, 0.29) is 17.7 Å². The van der Waals surface area contributed by atoms with Gasteiger partial charge in [-0.3, -0.25) is 9.59 Å². The molecule has 9 nitrogen and oxygen atoms in total. The number of anilines is 1. The van der Waals surface area contributed by atoms with Crippen molar-refractivity contribution in [1.29, 1.82) is 0 Å². The average Bonchev–Trinajstić information content (AvgIpc) is 3.37. The van der Waals surface area contributed by atoms with Crippen molar-refractivity contribution in [2.45, 2.75) is 32.6 Å². The molecule has 35 heavy (non-hydrogen) atoms. The number of hydrogen-bond acceptors (Lipinski definition) is 6. The second-order valence-corrected chi connectivity index (χ2v) is 8.68. The van der Waals surface area contributed by atoms with Gasteiger partial charge in [0.05, 0.1) is 0 Å². The fourth-order valence-corrected chi connectivity index (χ4v) is 3.88. The number of nitrogens with zero attached hydrogens (tertiary/aromatic N) is 4. The van der Waals surface area contributed by atoms with Gasteiger partial charge in [0.25, 0.3) is 11.8 Å². The van der Waals surface area contributed by atoms with Crippen molar-refractivity contribution in [3.05, 3.63) is 65.5 Å². The van der Waals surface area contributed by atoms with Crippen molar-refractivity contribution in [3.63, 3.8) is 0 Å². The SMILES string of the molecule is CC(=O)c1ccc(NC(=O)N(C)CCc2noc(-c3ccc(C(=O)N4CCCCC4)cc3)n2)cc1. The monoisotopic (exact) mass is 475 g/mol. The lowest BCUT2D eigenvalue weighted by atomic mass is 10.1. The van der Waals surface area contributed by atoms with Crippen molar-refractivity contribution in [3.8, 4) is 11.5 Å². The summed E-state index contributed by atoms with van der Waals surface area (Å²) < 4.78 is 5.38. The van der Waals surface area contributed by atoms with Crippen LogP contribution in [0.15, 0.2) is 53.1 Å².